The van der Waals surface area contributed by atoms with Crippen molar-refractivity contribution in [1.82, 2.24) is 4.98 Å². The minimum Gasteiger partial charge on any atom is -0.475 e. The molecule has 0 radical (unpaired) electrons. The van der Waals surface area contributed by atoms with Gasteiger partial charge >= 0.3 is 0 Å². The molecule has 14 heavy (non-hydrogen) atoms. The lowest BCUT2D eigenvalue weighted by atomic mass is 10.0. The number of hydrogen-bond acceptors (Lipinski definition) is 3. The summed E-state index contributed by atoms with van der Waals surface area (Å²) in [6, 6.07) is 3.50. The van der Waals surface area contributed by atoms with Crippen LogP contribution in [-0.2, 0) is 0 Å². The molecule has 0 fully saturated rings. The third-order valence-electron chi connectivity index (χ3n) is 2.07. The second kappa shape index (κ2) is 4.62. The lowest BCUT2D eigenvalue weighted by Gasteiger charge is -2.22. The van der Waals surface area contributed by atoms with Crippen LogP contribution in [0.5, 0.6) is 5.88 Å². The van der Waals surface area contributed by atoms with E-state index in [1.165, 1.54) is 0 Å². The zero-order valence-electron chi connectivity index (χ0n) is 8.46. The Balaban J connectivity index is 2.58. The Hall–Kier alpha value is -0.800. The molecule has 1 heterocycles. The smallest absolute Gasteiger partial charge is 0.232 e. The summed E-state index contributed by atoms with van der Waals surface area (Å²) >= 11 is 5.87. The number of nitrogens with two attached hydrogens (primary N) is 1. The van der Waals surface area contributed by atoms with Crippen LogP contribution in [0.4, 0.5) is 0 Å². The number of ether oxygens (including phenoxy) is 1. The van der Waals surface area contributed by atoms with Crippen LogP contribution >= 0.6 is 11.6 Å². The Morgan fingerprint density at radius 3 is 2.93 bits per heavy atom. The van der Waals surface area contributed by atoms with Crippen LogP contribution in [-0.4, -0.2) is 17.1 Å². The number of nitrogens with zero attached hydrogens (tertiary/aromatic N) is 1. The van der Waals surface area contributed by atoms with Crippen molar-refractivity contribution < 1.29 is 4.74 Å². The van der Waals surface area contributed by atoms with Gasteiger partial charge in [0.25, 0.3) is 0 Å². The summed E-state index contributed by atoms with van der Waals surface area (Å²) in [5.41, 5.74) is 5.59. The molecule has 0 amide bonds. The maximum atomic E-state index is 5.92. The molecule has 0 aliphatic carbocycles. The molecule has 4 heteroatoms. The van der Waals surface area contributed by atoms with Crippen molar-refractivity contribution in [3.05, 3.63) is 23.4 Å². The van der Waals surface area contributed by atoms with Crippen LogP contribution in [0.1, 0.15) is 20.3 Å². The van der Waals surface area contributed by atoms with Gasteiger partial charge in [-0.2, -0.15) is 0 Å². The normalized spacial score (nSPS) is 14.9. The standard InChI is InChI=1S/C10H15ClN2O/c1-3-10(2,12)7-14-9-8(11)5-4-6-13-9/h4-6H,3,7,12H2,1-2H3. The molecular weight excluding hydrogens is 200 g/mol. The largest absolute Gasteiger partial charge is 0.475 e. The molecule has 0 saturated carbocycles. The molecule has 1 aromatic rings. The van der Waals surface area contributed by atoms with E-state index in [2.05, 4.69) is 4.98 Å². The van der Waals surface area contributed by atoms with E-state index in [1.54, 1.807) is 18.3 Å². The summed E-state index contributed by atoms with van der Waals surface area (Å²) in [5, 5.41) is 0.513. The maximum Gasteiger partial charge on any atom is 0.232 e. The zero-order valence-corrected chi connectivity index (χ0v) is 9.21. The Bertz CT molecular complexity index is 302. The van der Waals surface area contributed by atoms with Crippen LogP contribution in [0.2, 0.25) is 5.02 Å². The molecule has 3 nitrogen and oxygen atoms in total. The fraction of sp³-hybridized carbons (Fsp3) is 0.500. The predicted molar refractivity (Wildman–Crippen MR) is 57.6 cm³/mol. The van der Waals surface area contributed by atoms with E-state index in [4.69, 9.17) is 22.1 Å². The Kier molecular flexibility index (Phi) is 3.72. The molecule has 0 spiro atoms. The Morgan fingerprint density at radius 1 is 1.64 bits per heavy atom. The third-order valence-corrected chi connectivity index (χ3v) is 2.36. The molecule has 2 N–H and O–H groups in total. The molecule has 0 aromatic carbocycles. The second-order valence-corrected chi connectivity index (χ2v) is 3.99. The van der Waals surface area contributed by atoms with Gasteiger partial charge in [0.2, 0.25) is 5.88 Å². The minimum absolute atomic E-state index is 0.332. The SMILES string of the molecule is CCC(C)(N)COc1ncccc1Cl. The Morgan fingerprint density at radius 2 is 2.36 bits per heavy atom. The quantitative estimate of drug-likeness (QED) is 0.837. The van der Waals surface area contributed by atoms with E-state index in [-0.39, 0.29) is 5.54 Å². The highest BCUT2D eigenvalue weighted by Gasteiger charge is 2.17. The predicted octanol–water partition coefficient (Wildman–Crippen LogP) is 2.24. The van der Waals surface area contributed by atoms with Gasteiger partial charge in [0.15, 0.2) is 0 Å². The molecule has 1 unspecified atom stereocenters. The summed E-state index contributed by atoms with van der Waals surface area (Å²) in [4.78, 5) is 4.01. The molecule has 0 aliphatic heterocycles. The fourth-order valence-electron chi connectivity index (χ4n) is 0.813. The topological polar surface area (TPSA) is 48.1 Å². The number of hydrogen-bond donors (Lipinski definition) is 1. The average molecular weight is 215 g/mol. The van der Waals surface area contributed by atoms with Crippen molar-refractivity contribution in [2.45, 2.75) is 25.8 Å². The monoisotopic (exact) mass is 214 g/mol. The maximum absolute atomic E-state index is 5.92. The highest BCUT2D eigenvalue weighted by Crippen LogP contribution is 2.21. The summed E-state index contributed by atoms with van der Waals surface area (Å²) in [5.74, 6) is 0.444. The molecule has 0 bridgehead atoms. The third kappa shape index (κ3) is 3.16. The lowest BCUT2D eigenvalue weighted by molar-refractivity contribution is 0.219. The van der Waals surface area contributed by atoms with Crippen molar-refractivity contribution >= 4 is 11.6 Å². The number of pyridine rings is 1. The van der Waals surface area contributed by atoms with Crippen LogP contribution in [0.15, 0.2) is 18.3 Å². The molecule has 78 valence electrons. The summed E-state index contributed by atoms with van der Waals surface area (Å²) in [7, 11) is 0. The van der Waals surface area contributed by atoms with Gasteiger partial charge in [-0.05, 0) is 25.5 Å². The summed E-state index contributed by atoms with van der Waals surface area (Å²) in [6.45, 7) is 4.37. The number of rotatable bonds is 4. The number of halogens is 1. The molecule has 0 saturated heterocycles. The van der Waals surface area contributed by atoms with E-state index >= 15 is 0 Å². The zero-order chi connectivity index (χ0) is 10.6. The van der Waals surface area contributed by atoms with Gasteiger partial charge in [0, 0.05) is 11.7 Å². The highest BCUT2D eigenvalue weighted by atomic mass is 35.5. The first-order valence-electron chi connectivity index (χ1n) is 4.57. The van der Waals surface area contributed by atoms with Gasteiger partial charge < -0.3 is 10.5 Å². The average Bonchev–Trinajstić information content (AvgIpc) is 2.17. The lowest BCUT2D eigenvalue weighted by Crippen LogP contribution is -2.41. The van der Waals surface area contributed by atoms with Crippen LogP contribution in [0.3, 0.4) is 0 Å². The molecule has 1 rings (SSSR count). The highest BCUT2D eigenvalue weighted by molar-refractivity contribution is 6.31. The van der Waals surface area contributed by atoms with E-state index in [0.29, 0.717) is 17.5 Å². The van der Waals surface area contributed by atoms with Crippen molar-refractivity contribution in [3.63, 3.8) is 0 Å². The molecular formula is C10H15ClN2O. The van der Waals surface area contributed by atoms with Crippen molar-refractivity contribution in [2.75, 3.05) is 6.61 Å². The van der Waals surface area contributed by atoms with Crippen molar-refractivity contribution in [1.29, 1.82) is 0 Å². The minimum atomic E-state index is -0.332. The molecule has 0 aliphatic rings. The summed E-state index contributed by atoms with van der Waals surface area (Å²) < 4.78 is 5.42. The van der Waals surface area contributed by atoms with Crippen LogP contribution in [0, 0.1) is 0 Å². The van der Waals surface area contributed by atoms with Gasteiger partial charge in [-0.3, -0.25) is 0 Å². The van der Waals surface area contributed by atoms with Gasteiger partial charge in [0.05, 0.1) is 0 Å². The van der Waals surface area contributed by atoms with E-state index in [1.807, 2.05) is 13.8 Å². The van der Waals surface area contributed by atoms with Gasteiger partial charge in [-0.1, -0.05) is 18.5 Å². The Labute approximate surface area is 89.2 Å². The molecule has 1 aromatic heterocycles. The van der Waals surface area contributed by atoms with Crippen LogP contribution < -0.4 is 10.5 Å². The van der Waals surface area contributed by atoms with Gasteiger partial charge in [-0.15, -0.1) is 0 Å². The van der Waals surface area contributed by atoms with Crippen molar-refractivity contribution in [2.24, 2.45) is 5.73 Å². The first-order valence-corrected chi connectivity index (χ1v) is 4.95. The van der Waals surface area contributed by atoms with E-state index in [0.717, 1.165) is 6.42 Å². The van der Waals surface area contributed by atoms with E-state index < -0.39 is 0 Å². The first kappa shape index (κ1) is 11.3. The van der Waals surface area contributed by atoms with Gasteiger partial charge in [0.1, 0.15) is 11.6 Å². The number of aromatic nitrogens is 1. The molecule has 1 atom stereocenters. The van der Waals surface area contributed by atoms with E-state index in [9.17, 15) is 0 Å². The van der Waals surface area contributed by atoms with Crippen molar-refractivity contribution in [3.8, 4) is 5.88 Å². The fourth-order valence-corrected chi connectivity index (χ4v) is 0.989. The second-order valence-electron chi connectivity index (χ2n) is 3.59. The summed E-state index contributed by atoms with van der Waals surface area (Å²) in [6.07, 6.45) is 2.48. The first-order chi connectivity index (χ1) is 6.55. The van der Waals surface area contributed by atoms with Crippen LogP contribution in [0.25, 0.3) is 0 Å². The van der Waals surface area contributed by atoms with Gasteiger partial charge in [-0.25, -0.2) is 4.98 Å².